The van der Waals surface area contributed by atoms with Crippen molar-refractivity contribution in [3.8, 4) is 0 Å². The number of carbonyl (C=O) groups is 4. The van der Waals surface area contributed by atoms with Crippen LogP contribution in [0.4, 0.5) is 0 Å². The van der Waals surface area contributed by atoms with Gasteiger partial charge in [0.2, 0.25) is 5.91 Å². The van der Waals surface area contributed by atoms with Crippen molar-refractivity contribution in [3.05, 3.63) is 58.1 Å². The maximum atomic E-state index is 14.1. The molecule has 0 radical (unpaired) electrons. The molecule has 8 heteroatoms. The average molecular weight is 774 g/mol. The minimum atomic E-state index is -1.17. The molecule has 0 spiro atoms. The van der Waals surface area contributed by atoms with Gasteiger partial charge in [0, 0.05) is 22.3 Å². The molecule has 0 heterocycles. The number of carboxylic acids is 1. The van der Waals surface area contributed by atoms with E-state index in [-0.39, 0.29) is 63.2 Å². The van der Waals surface area contributed by atoms with Gasteiger partial charge in [0.05, 0.1) is 17.4 Å². The minimum Gasteiger partial charge on any atom is -0.481 e. The molecule has 1 aromatic carbocycles. The quantitative estimate of drug-likeness (QED) is 0.191. The van der Waals surface area contributed by atoms with Gasteiger partial charge in [-0.15, -0.1) is 0 Å². The van der Waals surface area contributed by atoms with Crippen LogP contribution in [0.3, 0.4) is 0 Å². The number of hydrogen-bond acceptors (Lipinski definition) is 5. The van der Waals surface area contributed by atoms with Gasteiger partial charge in [-0.1, -0.05) is 78.3 Å². The molecule has 5 fully saturated rings. The number of aliphatic carboxylic acids is 1. The van der Waals surface area contributed by atoms with Crippen LogP contribution in [0.25, 0.3) is 0 Å². The highest BCUT2D eigenvalue weighted by Crippen LogP contribution is 2.77. The number of nitrogens with one attached hydrogen (secondary N) is 1. The Morgan fingerprint density at radius 2 is 1.65 bits per heavy atom. The number of carbonyl (C=O) groups excluding carboxylic acids is 3. The Morgan fingerprint density at radius 1 is 0.945 bits per heavy atom. The lowest BCUT2D eigenvalue weighted by Gasteiger charge is -2.72. The first kappa shape index (κ1) is 40.3. The van der Waals surface area contributed by atoms with Gasteiger partial charge in [0.15, 0.2) is 5.78 Å². The lowest BCUT2D eigenvalue weighted by Crippen LogP contribution is -2.65. The van der Waals surface area contributed by atoms with Crippen LogP contribution in [0.1, 0.15) is 145 Å². The molecule has 55 heavy (non-hydrogen) atoms. The van der Waals surface area contributed by atoms with E-state index in [1.54, 1.807) is 19.9 Å². The molecule has 8 atom stereocenters. The van der Waals surface area contributed by atoms with Gasteiger partial charge in [0.25, 0.3) is 0 Å². The zero-order valence-corrected chi connectivity index (χ0v) is 35.5. The van der Waals surface area contributed by atoms with E-state index in [0.717, 1.165) is 75.3 Å². The highest BCUT2D eigenvalue weighted by atomic mass is 35.5. The Labute approximate surface area is 333 Å². The lowest BCUT2D eigenvalue weighted by molar-refractivity contribution is -0.232. The van der Waals surface area contributed by atoms with E-state index in [2.05, 4.69) is 59.9 Å². The summed E-state index contributed by atoms with van der Waals surface area (Å²) in [4.78, 5) is 52.6. The van der Waals surface area contributed by atoms with E-state index >= 15 is 0 Å². The van der Waals surface area contributed by atoms with E-state index in [9.17, 15) is 24.3 Å². The van der Waals surface area contributed by atoms with Crippen molar-refractivity contribution in [2.24, 2.45) is 56.2 Å². The van der Waals surface area contributed by atoms with Crippen LogP contribution in [0.2, 0.25) is 5.02 Å². The average Bonchev–Trinajstić information content (AvgIpc) is 3.80. The van der Waals surface area contributed by atoms with E-state index in [1.807, 2.05) is 24.3 Å². The zero-order valence-electron chi connectivity index (χ0n) is 34.7. The molecule has 300 valence electrons. The molecular formula is C47H64ClNO6. The standard InChI is InChI=1S/C47H64ClNO6/c1-28(2)38-32(50)26-46(20-17-36(51)49-47(23-24-47)29-11-10-12-30(48)25-29)22-21-44(8)31(39(38)46)13-14-34-43(7)18-16-35(55-37(52)27-41(3,4)40(53)54)42(5,6)33(43)15-19-45(34,44)9/h10-12,17,20,25,28,31,33-35H,13-16,18-19,21-24,26-27H2,1-9H3,(H,49,51)(H,53,54)/b20-17+/t31?,33?,34-,35+,43+,44-,45-,46+/m1/s1. The molecule has 2 unspecified atom stereocenters. The fraction of sp³-hybridized carbons (Fsp3) is 0.702. The Morgan fingerprint density at radius 3 is 2.29 bits per heavy atom. The largest absolute Gasteiger partial charge is 0.481 e. The summed E-state index contributed by atoms with van der Waals surface area (Å²) in [6.07, 6.45) is 13.5. The Bertz CT molecular complexity index is 1850. The van der Waals surface area contributed by atoms with Crippen LogP contribution in [-0.2, 0) is 29.5 Å². The van der Waals surface area contributed by atoms with Crippen LogP contribution >= 0.6 is 11.6 Å². The summed E-state index contributed by atoms with van der Waals surface area (Å²) in [5, 5.41) is 13.6. The third-order valence-electron chi connectivity index (χ3n) is 16.9. The molecule has 7 rings (SSSR count). The summed E-state index contributed by atoms with van der Waals surface area (Å²) in [7, 11) is 0. The molecule has 0 aliphatic heterocycles. The number of halogens is 1. The zero-order chi connectivity index (χ0) is 40.1. The number of ether oxygens (including phenoxy) is 1. The van der Waals surface area contributed by atoms with Gasteiger partial charge in [-0.3, -0.25) is 19.2 Å². The minimum absolute atomic E-state index is 0.00981. The Balaban J connectivity index is 1.15. The lowest BCUT2D eigenvalue weighted by atomic mass is 9.33. The number of esters is 1. The number of benzene rings is 1. The summed E-state index contributed by atoms with van der Waals surface area (Å²) in [5.41, 5.74) is 1.24. The number of fused-ring (bicyclic) bond motifs is 7. The fourth-order valence-corrected chi connectivity index (χ4v) is 13.8. The molecular weight excluding hydrogens is 710 g/mol. The van der Waals surface area contributed by atoms with E-state index in [1.165, 1.54) is 5.57 Å². The molecule has 6 aliphatic rings. The molecule has 0 saturated heterocycles. The summed E-state index contributed by atoms with van der Waals surface area (Å²) in [6.45, 7) is 19.6. The first-order chi connectivity index (χ1) is 25.6. The van der Waals surface area contributed by atoms with Gasteiger partial charge in [-0.05, 0) is 153 Å². The van der Waals surface area contributed by atoms with Gasteiger partial charge < -0.3 is 15.2 Å². The molecule has 0 aromatic heterocycles. The van der Waals surface area contributed by atoms with Crippen molar-refractivity contribution in [1.29, 1.82) is 0 Å². The number of carboxylic acid groups (broad SMARTS) is 1. The van der Waals surface area contributed by atoms with Crippen LogP contribution in [-0.4, -0.2) is 34.8 Å². The van der Waals surface area contributed by atoms with Crippen molar-refractivity contribution in [2.75, 3.05) is 0 Å². The predicted molar refractivity (Wildman–Crippen MR) is 215 cm³/mol. The molecule has 0 bridgehead atoms. The van der Waals surface area contributed by atoms with Crippen molar-refractivity contribution in [3.63, 3.8) is 0 Å². The number of rotatable bonds is 9. The molecule has 5 saturated carbocycles. The second-order valence-electron chi connectivity index (χ2n) is 21.0. The van der Waals surface area contributed by atoms with Gasteiger partial charge >= 0.3 is 11.9 Å². The number of allylic oxidation sites excluding steroid dienone is 3. The highest BCUT2D eigenvalue weighted by Gasteiger charge is 2.70. The number of hydrogen-bond donors (Lipinski definition) is 2. The van der Waals surface area contributed by atoms with Gasteiger partial charge in [-0.2, -0.15) is 0 Å². The normalized spacial score (nSPS) is 37.5. The third-order valence-corrected chi connectivity index (χ3v) is 17.1. The molecule has 1 aromatic rings. The van der Waals surface area contributed by atoms with Gasteiger partial charge in [0.1, 0.15) is 6.10 Å². The van der Waals surface area contributed by atoms with E-state index in [0.29, 0.717) is 23.3 Å². The van der Waals surface area contributed by atoms with Gasteiger partial charge in [-0.25, -0.2) is 0 Å². The summed E-state index contributed by atoms with van der Waals surface area (Å²) in [6, 6.07) is 7.77. The maximum Gasteiger partial charge on any atom is 0.309 e. The van der Waals surface area contributed by atoms with Crippen LogP contribution in [0.5, 0.6) is 0 Å². The molecule has 2 N–H and O–H groups in total. The van der Waals surface area contributed by atoms with Crippen molar-refractivity contribution in [2.45, 2.75) is 151 Å². The smallest absolute Gasteiger partial charge is 0.309 e. The second kappa shape index (κ2) is 13.3. The summed E-state index contributed by atoms with van der Waals surface area (Å²) in [5.74, 6) is -0.0463. The predicted octanol–water partition coefficient (Wildman–Crippen LogP) is 10.4. The monoisotopic (exact) mass is 773 g/mol. The number of amides is 1. The first-order valence-corrected chi connectivity index (χ1v) is 21.4. The molecule has 6 aliphatic carbocycles. The van der Waals surface area contributed by atoms with E-state index in [4.69, 9.17) is 16.3 Å². The van der Waals surface area contributed by atoms with Crippen molar-refractivity contribution < 1.29 is 29.0 Å². The topological polar surface area (TPSA) is 110 Å². The third kappa shape index (κ3) is 6.27. The van der Waals surface area contributed by atoms with Crippen molar-refractivity contribution >= 4 is 35.2 Å². The first-order valence-electron chi connectivity index (χ1n) is 21.0. The van der Waals surface area contributed by atoms with Crippen LogP contribution in [0.15, 0.2) is 47.6 Å². The maximum absolute atomic E-state index is 14.1. The van der Waals surface area contributed by atoms with Crippen LogP contribution in [0, 0.1) is 56.2 Å². The molecule has 1 amide bonds. The number of ketones is 1. The SMILES string of the molecule is CC(C)C1=C2C3CC[C@@H]4[C@@]5(C)CC[C@H](OC(=O)CC(C)(C)C(=O)O)C(C)(C)C5CC[C@@]4(C)[C@]3(C)CC[C@@]2(/C=C/C(=O)NC2(c3cccc(Cl)c3)CC2)CC1=O. The fourth-order valence-electron chi connectivity index (χ4n) is 13.6. The number of Topliss-reactive ketones (excluding diaryl/α,β-unsaturated/α-hetero) is 1. The summed E-state index contributed by atoms with van der Waals surface area (Å²) >= 11 is 6.32. The molecule has 7 nitrogen and oxygen atoms in total. The highest BCUT2D eigenvalue weighted by molar-refractivity contribution is 6.30. The van der Waals surface area contributed by atoms with E-state index < -0.39 is 22.8 Å². The van der Waals surface area contributed by atoms with Crippen molar-refractivity contribution in [1.82, 2.24) is 5.32 Å². The second-order valence-corrected chi connectivity index (χ2v) is 21.4. The summed E-state index contributed by atoms with van der Waals surface area (Å²) < 4.78 is 6.17. The Hall–Kier alpha value is -2.93. The Kier molecular flexibility index (Phi) is 9.75. The van der Waals surface area contributed by atoms with Crippen LogP contribution < -0.4 is 5.32 Å².